The van der Waals surface area contributed by atoms with Crippen LogP contribution < -0.4 is 0 Å². The number of benzene rings is 1. The highest BCUT2D eigenvalue weighted by molar-refractivity contribution is 5.92. The number of hydrogen-bond donors (Lipinski definition) is 0. The molecule has 0 unspecified atom stereocenters. The second kappa shape index (κ2) is 6.18. The van der Waals surface area contributed by atoms with Gasteiger partial charge in [0, 0.05) is 25.9 Å². The molecule has 1 atom stereocenters. The molecule has 0 bridgehead atoms. The number of imidazole rings is 1. The minimum atomic E-state index is 0.0620. The van der Waals surface area contributed by atoms with Gasteiger partial charge in [0.1, 0.15) is 5.82 Å². The molecule has 0 spiro atoms. The number of amides is 1. The van der Waals surface area contributed by atoms with Crippen LogP contribution in [0.1, 0.15) is 36.0 Å². The lowest BCUT2D eigenvalue weighted by Crippen LogP contribution is -2.30. The first-order valence-corrected chi connectivity index (χ1v) is 7.69. The first kappa shape index (κ1) is 14.6. The molecule has 2 aromatic rings. The molecule has 2 heterocycles. The summed E-state index contributed by atoms with van der Waals surface area (Å²) >= 11 is 0. The standard InChI is InChI=1S/C18H21N3O/c1-14-13-20(2)18(19-14)16-9-6-12-21(16)17(22)11-10-15-7-4-3-5-8-15/h3-5,7-8,10-11,13,16H,6,9,12H2,1-2H3/b11-10+/t16-/m1/s1. The van der Waals surface area contributed by atoms with E-state index in [1.54, 1.807) is 6.08 Å². The van der Waals surface area contributed by atoms with Crippen LogP contribution in [0.4, 0.5) is 0 Å². The number of carbonyl (C=O) groups excluding carboxylic acids is 1. The third kappa shape index (κ3) is 2.96. The Balaban J connectivity index is 1.77. The summed E-state index contributed by atoms with van der Waals surface area (Å²) < 4.78 is 2.03. The predicted octanol–water partition coefficient (Wildman–Crippen LogP) is 3.11. The van der Waals surface area contributed by atoms with Crippen molar-refractivity contribution >= 4 is 12.0 Å². The fourth-order valence-electron chi connectivity index (χ4n) is 3.07. The second-order valence-electron chi connectivity index (χ2n) is 5.79. The van der Waals surface area contributed by atoms with Crippen LogP contribution in [-0.4, -0.2) is 26.9 Å². The van der Waals surface area contributed by atoms with Gasteiger partial charge in [0.25, 0.3) is 0 Å². The third-order valence-corrected chi connectivity index (χ3v) is 4.08. The molecule has 4 heteroatoms. The zero-order valence-corrected chi connectivity index (χ0v) is 13.1. The Morgan fingerprint density at radius 3 is 2.77 bits per heavy atom. The molecule has 22 heavy (non-hydrogen) atoms. The van der Waals surface area contributed by atoms with E-state index in [0.29, 0.717) is 0 Å². The van der Waals surface area contributed by atoms with Crippen LogP contribution in [0.5, 0.6) is 0 Å². The molecule has 0 radical (unpaired) electrons. The van der Waals surface area contributed by atoms with Gasteiger partial charge in [-0.05, 0) is 31.4 Å². The molecule has 1 aromatic heterocycles. The molecular weight excluding hydrogens is 274 g/mol. The van der Waals surface area contributed by atoms with Gasteiger partial charge in [-0.25, -0.2) is 4.98 Å². The Hall–Kier alpha value is -2.36. The van der Waals surface area contributed by atoms with E-state index in [9.17, 15) is 4.79 Å². The Labute approximate surface area is 131 Å². The molecule has 1 aliphatic heterocycles. The van der Waals surface area contributed by atoms with Crippen molar-refractivity contribution in [3.05, 3.63) is 59.7 Å². The van der Waals surface area contributed by atoms with Crippen molar-refractivity contribution in [1.29, 1.82) is 0 Å². The van der Waals surface area contributed by atoms with Crippen molar-refractivity contribution in [1.82, 2.24) is 14.5 Å². The molecule has 3 rings (SSSR count). The van der Waals surface area contributed by atoms with E-state index in [4.69, 9.17) is 0 Å². The fourth-order valence-corrected chi connectivity index (χ4v) is 3.07. The molecule has 1 aliphatic rings. The number of carbonyl (C=O) groups is 1. The van der Waals surface area contributed by atoms with E-state index >= 15 is 0 Å². The van der Waals surface area contributed by atoms with E-state index in [2.05, 4.69) is 4.98 Å². The molecule has 1 amide bonds. The first-order chi connectivity index (χ1) is 10.6. The van der Waals surface area contributed by atoms with Crippen molar-refractivity contribution in [3.8, 4) is 0 Å². The Morgan fingerprint density at radius 2 is 2.09 bits per heavy atom. The van der Waals surface area contributed by atoms with Gasteiger partial charge in [0.2, 0.25) is 5.91 Å². The minimum absolute atomic E-state index is 0.0620. The quantitative estimate of drug-likeness (QED) is 0.816. The summed E-state index contributed by atoms with van der Waals surface area (Å²) in [7, 11) is 2.00. The molecule has 1 fully saturated rings. The monoisotopic (exact) mass is 295 g/mol. The van der Waals surface area contributed by atoms with E-state index < -0.39 is 0 Å². The maximum absolute atomic E-state index is 12.5. The molecule has 1 saturated heterocycles. The number of rotatable bonds is 3. The highest BCUT2D eigenvalue weighted by Crippen LogP contribution is 2.31. The summed E-state index contributed by atoms with van der Waals surface area (Å²) in [5.74, 6) is 1.04. The maximum atomic E-state index is 12.5. The summed E-state index contributed by atoms with van der Waals surface area (Å²) in [4.78, 5) is 19.0. The van der Waals surface area contributed by atoms with Crippen LogP contribution >= 0.6 is 0 Å². The van der Waals surface area contributed by atoms with Crippen molar-refractivity contribution in [2.45, 2.75) is 25.8 Å². The normalized spacial score (nSPS) is 18.3. The van der Waals surface area contributed by atoms with Crippen LogP contribution in [0.15, 0.2) is 42.6 Å². The van der Waals surface area contributed by atoms with Gasteiger partial charge in [-0.3, -0.25) is 4.79 Å². The molecular formula is C18H21N3O. The van der Waals surface area contributed by atoms with E-state index in [-0.39, 0.29) is 11.9 Å². The average Bonchev–Trinajstić information content (AvgIpc) is 3.12. The maximum Gasteiger partial charge on any atom is 0.247 e. The van der Waals surface area contributed by atoms with E-state index in [0.717, 1.165) is 36.5 Å². The summed E-state index contributed by atoms with van der Waals surface area (Å²) in [5.41, 5.74) is 2.04. The van der Waals surface area contributed by atoms with E-state index in [1.165, 1.54) is 0 Å². The minimum Gasteiger partial charge on any atom is -0.336 e. The van der Waals surface area contributed by atoms with Gasteiger partial charge in [-0.2, -0.15) is 0 Å². The third-order valence-electron chi connectivity index (χ3n) is 4.08. The van der Waals surface area contributed by atoms with Crippen LogP contribution in [0.25, 0.3) is 6.08 Å². The SMILES string of the molecule is Cc1cn(C)c([C@H]2CCCN2C(=O)/C=C/c2ccccc2)n1. The van der Waals surface area contributed by atoms with Crippen molar-refractivity contribution in [2.75, 3.05) is 6.54 Å². The highest BCUT2D eigenvalue weighted by atomic mass is 16.2. The lowest BCUT2D eigenvalue weighted by atomic mass is 10.2. The van der Waals surface area contributed by atoms with E-state index in [1.807, 2.05) is 66.0 Å². The average molecular weight is 295 g/mol. The number of aryl methyl sites for hydroxylation is 2. The first-order valence-electron chi connectivity index (χ1n) is 7.69. The summed E-state index contributed by atoms with van der Waals surface area (Å²) in [6.07, 6.45) is 7.57. The van der Waals surface area contributed by atoms with Crippen molar-refractivity contribution in [3.63, 3.8) is 0 Å². The number of aromatic nitrogens is 2. The van der Waals surface area contributed by atoms with Crippen molar-refractivity contribution < 1.29 is 4.79 Å². The van der Waals surface area contributed by atoms with Crippen LogP contribution in [0.2, 0.25) is 0 Å². The Bertz CT molecular complexity index is 688. The molecule has 1 aromatic carbocycles. The van der Waals surface area contributed by atoms with Gasteiger partial charge in [-0.15, -0.1) is 0 Å². The largest absolute Gasteiger partial charge is 0.336 e. The fraction of sp³-hybridized carbons (Fsp3) is 0.333. The summed E-state index contributed by atoms with van der Waals surface area (Å²) in [6, 6.07) is 9.99. The molecule has 0 saturated carbocycles. The van der Waals surface area contributed by atoms with Gasteiger partial charge in [0.05, 0.1) is 11.7 Å². The van der Waals surface area contributed by atoms with Crippen LogP contribution in [0.3, 0.4) is 0 Å². The predicted molar refractivity (Wildman–Crippen MR) is 87.1 cm³/mol. The summed E-state index contributed by atoms with van der Waals surface area (Å²) in [5, 5.41) is 0. The van der Waals surface area contributed by atoms with Crippen molar-refractivity contribution in [2.24, 2.45) is 7.05 Å². The smallest absolute Gasteiger partial charge is 0.247 e. The lowest BCUT2D eigenvalue weighted by molar-refractivity contribution is -0.127. The number of nitrogens with zero attached hydrogens (tertiary/aromatic N) is 3. The molecule has 114 valence electrons. The van der Waals surface area contributed by atoms with Gasteiger partial charge in [-0.1, -0.05) is 30.3 Å². The second-order valence-corrected chi connectivity index (χ2v) is 5.79. The Kier molecular flexibility index (Phi) is 4.09. The highest BCUT2D eigenvalue weighted by Gasteiger charge is 2.31. The van der Waals surface area contributed by atoms with Crippen LogP contribution in [-0.2, 0) is 11.8 Å². The lowest BCUT2D eigenvalue weighted by Gasteiger charge is -2.23. The number of likely N-dealkylation sites (tertiary alicyclic amines) is 1. The molecule has 4 nitrogen and oxygen atoms in total. The summed E-state index contributed by atoms with van der Waals surface area (Å²) in [6.45, 7) is 2.79. The van der Waals surface area contributed by atoms with Crippen LogP contribution in [0, 0.1) is 6.92 Å². The van der Waals surface area contributed by atoms with Gasteiger partial charge < -0.3 is 9.47 Å². The molecule has 0 N–H and O–H groups in total. The topological polar surface area (TPSA) is 38.1 Å². The molecule has 0 aliphatic carbocycles. The zero-order chi connectivity index (χ0) is 15.5. The Morgan fingerprint density at radius 1 is 1.32 bits per heavy atom. The van der Waals surface area contributed by atoms with Gasteiger partial charge >= 0.3 is 0 Å². The zero-order valence-electron chi connectivity index (χ0n) is 13.1. The number of hydrogen-bond acceptors (Lipinski definition) is 2. The van der Waals surface area contributed by atoms with Gasteiger partial charge in [0.15, 0.2) is 0 Å².